The third kappa shape index (κ3) is 3.65. The van der Waals surface area contributed by atoms with Crippen molar-refractivity contribution < 1.29 is 17.9 Å². The summed E-state index contributed by atoms with van der Waals surface area (Å²) in [6.45, 7) is 3.95. The van der Waals surface area contributed by atoms with Crippen LogP contribution in [0.2, 0.25) is 0 Å². The van der Waals surface area contributed by atoms with Gasteiger partial charge in [-0.05, 0) is 38.8 Å². The van der Waals surface area contributed by atoms with Gasteiger partial charge in [0.15, 0.2) is 5.78 Å². The van der Waals surface area contributed by atoms with Crippen molar-refractivity contribution in [3.8, 4) is 0 Å². The molecular formula is C14H19NO4S. The minimum atomic E-state index is -3.54. The number of nitrogens with one attached hydrogen (secondary N) is 1. The van der Waals surface area contributed by atoms with Gasteiger partial charge in [-0.25, -0.2) is 13.1 Å². The van der Waals surface area contributed by atoms with Gasteiger partial charge in [0.05, 0.1) is 11.0 Å². The smallest absolute Gasteiger partial charge is 0.240 e. The molecule has 1 aromatic carbocycles. The molecule has 1 saturated heterocycles. The van der Waals surface area contributed by atoms with Crippen molar-refractivity contribution in [2.45, 2.75) is 43.7 Å². The molecule has 0 radical (unpaired) electrons. The zero-order valence-electron chi connectivity index (χ0n) is 11.6. The van der Waals surface area contributed by atoms with Crippen molar-refractivity contribution >= 4 is 15.8 Å². The summed E-state index contributed by atoms with van der Waals surface area (Å²) in [6.07, 6.45) is 1.41. The van der Waals surface area contributed by atoms with Gasteiger partial charge in [0.25, 0.3) is 0 Å². The summed E-state index contributed by atoms with van der Waals surface area (Å²) in [5.74, 6) is -0.0832. The maximum absolute atomic E-state index is 12.3. The Morgan fingerprint density at radius 1 is 1.30 bits per heavy atom. The van der Waals surface area contributed by atoms with Crippen LogP contribution in [-0.2, 0) is 14.8 Å². The molecule has 0 aliphatic carbocycles. The molecule has 1 fully saturated rings. The monoisotopic (exact) mass is 297 g/mol. The van der Waals surface area contributed by atoms with Crippen LogP contribution in [-0.4, -0.2) is 33.0 Å². The number of carbonyl (C=O) groups is 1. The molecule has 2 unspecified atom stereocenters. The van der Waals surface area contributed by atoms with Crippen molar-refractivity contribution in [2.24, 2.45) is 0 Å². The van der Waals surface area contributed by atoms with E-state index in [1.807, 2.05) is 6.92 Å². The number of carbonyl (C=O) groups excluding carboxylic acids is 1. The second kappa shape index (κ2) is 6.03. The number of Topliss-reactive ketones (excluding diaryl/α,β-unsaturated/α-hetero) is 1. The van der Waals surface area contributed by atoms with Gasteiger partial charge < -0.3 is 4.74 Å². The molecule has 0 spiro atoms. The van der Waals surface area contributed by atoms with Crippen LogP contribution >= 0.6 is 0 Å². The van der Waals surface area contributed by atoms with E-state index in [0.717, 1.165) is 0 Å². The van der Waals surface area contributed by atoms with Crippen LogP contribution in [0.15, 0.2) is 29.2 Å². The van der Waals surface area contributed by atoms with Crippen molar-refractivity contribution in [3.05, 3.63) is 29.8 Å². The Balaban J connectivity index is 2.11. The van der Waals surface area contributed by atoms with E-state index < -0.39 is 10.0 Å². The summed E-state index contributed by atoms with van der Waals surface area (Å²) in [7, 11) is -3.54. The van der Waals surface area contributed by atoms with Crippen molar-refractivity contribution in [1.82, 2.24) is 4.72 Å². The van der Waals surface area contributed by atoms with E-state index in [9.17, 15) is 13.2 Å². The fourth-order valence-electron chi connectivity index (χ4n) is 2.26. The normalized spacial score (nSPS) is 23.5. The van der Waals surface area contributed by atoms with E-state index in [-0.39, 0.29) is 22.8 Å². The molecule has 0 aromatic heterocycles. The lowest BCUT2D eigenvalue weighted by atomic mass is 10.1. The highest BCUT2D eigenvalue weighted by atomic mass is 32.2. The molecule has 1 aliphatic rings. The summed E-state index contributed by atoms with van der Waals surface area (Å²) in [5, 5.41) is 0. The van der Waals surface area contributed by atoms with Gasteiger partial charge in [-0.3, -0.25) is 4.79 Å². The molecule has 110 valence electrons. The summed E-state index contributed by atoms with van der Waals surface area (Å²) in [4.78, 5) is 11.4. The van der Waals surface area contributed by atoms with Crippen molar-refractivity contribution in [2.75, 3.05) is 6.61 Å². The molecule has 0 bridgehead atoms. The molecule has 2 atom stereocenters. The molecule has 20 heavy (non-hydrogen) atoms. The van der Waals surface area contributed by atoms with E-state index in [2.05, 4.69) is 4.72 Å². The van der Waals surface area contributed by atoms with Gasteiger partial charge in [0.2, 0.25) is 10.0 Å². The van der Waals surface area contributed by atoms with Crippen LogP contribution in [0.4, 0.5) is 0 Å². The zero-order chi connectivity index (χ0) is 14.8. The van der Waals surface area contributed by atoms with E-state index in [0.29, 0.717) is 25.0 Å². The number of rotatable bonds is 4. The lowest BCUT2D eigenvalue weighted by Crippen LogP contribution is -2.41. The van der Waals surface area contributed by atoms with Crippen LogP contribution < -0.4 is 4.72 Å². The van der Waals surface area contributed by atoms with Crippen LogP contribution in [0.3, 0.4) is 0 Å². The first-order valence-electron chi connectivity index (χ1n) is 6.63. The first kappa shape index (κ1) is 15.2. The Hall–Kier alpha value is -1.24. The molecule has 2 rings (SSSR count). The summed E-state index contributed by atoms with van der Waals surface area (Å²) < 4.78 is 32.6. The number of sulfonamides is 1. The van der Waals surface area contributed by atoms with Gasteiger partial charge in [-0.1, -0.05) is 12.1 Å². The molecule has 0 amide bonds. The molecule has 1 heterocycles. The number of hydrogen-bond acceptors (Lipinski definition) is 4. The SMILES string of the molecule is CC(=O)c1ccc(S(=O)(=O)NC2CCOC(C)C2)cc1. The first-order chi connectivity index (χ1) is 9.38. The Morgan fingerprint density at radius 3 is 2.50 bits per heavy atom. The van der Waals surface area contributed by atoms with E-state index in [4.69, 9.17) is 4.74 Å². The average Bonchev–Trinajstić information content (AvgIpc) is 2.38. The maximum atomic E-state index is 12.3. The topological polar surface area (TPSA) is 72.5 Å². The fourth-order valence-corrected chi connectivity index (χ4v) is 3.54. The highest BCUT2D eigenvalue weighted by Crippen LogP contribution is 2.17. The fraction of sp³-hybridized carbons (Fsp3) is 0.500. The van der Waals surface area contributed by atoms with Crippen LogP contribution in [0.25, 0.3) is 0 Å². The minimum Gasteiger partial charge on any atom is -0.378 e. The number of hydrogen-bond donors (Lipinski definition) is 1. The lowest BCUT2D eigenvalue weighted by Gasteiger charge is -2.27. The van der Waals surface area contributed by atoms with Gasteiger partial charge in [-0.15, -0.1) is 0 Å². The Labute approximate surface area is 119 Å². The van der Waals surface area contributed by atoms with Gasteiger partial charge in [0.1, 0.15) is 0 Å². The third-order valence-electron chi connectivity index (χ3n) is 3.38. The van der Waals surface area contributed by atoms with Gasteiger partial charge in [0, 0.05) is 18.2 Å². The van der Waals surface area contributed by atoms with Gasteiger partial charge >= 0.3 is 0 Å². The number of benzene rings is 1. The Kier molecular flexibility index (Phi) is 4.57. The molecule has 1 N–H and O–H groups in total. The van der Waals surface area contributed by atoms with Crippen molar-refractivity contribution in [3.63, 3.8) is 0 Å². The van der Waals surface area contributed by atoms with Crippen LogP contribution in [0, 0.1) is 0 Å². The highest BCUT2D eigenvalue weighted by Gasteiger charge is 2.25. The Morgan fingerprint density at radius 2 is 1.95 bits per heavy atom. The van der Waals surface area contributed by atoms with E-state index >= 15 is 0 Å². The quantitative estimate of drug-likeness (QED) is 0.859. The van der Waals surface area contributed by atoms with E-state index in [1.54, 1.807) is 0 Å². The zero-order valence-corrected chi connectivity index (χ0v) is 12.4. The molecule has 1 aromatic rings. The number of ketones is 1. The molecule has 6 heteroatoms. The maximum Gasteiger partial charge on any atom is 0.240 e. The minimum absolute atomic E-state index is 0.0662. The molecular weight excluding hydrogens is 278 g/mol. The predicted molar refractivity (Wildman–Crippen MR) is 75.2 cm³/mol. The van der Waals surface area contributed by atoms with Crippen LogP contribution in [0.1, 0.15) is 37.0 Å². The molecule has 1 aliphatic heterocycles. The summed E-state index contributed by atoms with van der Waals surface area (Å²) in [6, 6.07) is 5.88. The van der Waals surface area contributed by atoms with Crippen molar-refractivity contribution in [1.29, 1.82) is 0 Å². The predicted octanol–water partition coefficient (Wildman–Crippen LogP) is 1.74. The summed E-state index contributed by atoms with van der Waals surface area (Å²) >= 11 is 0. The van der Waals surface area contributed by atoms with Crippen LogP contribution in [0.5, 0.6) is 0 Å². The second-order valence-electron chi connectivity index (χ2n) is 5.10. The largest absolute Gasteiger partial charge is 0.378 e. The van der Waals surface area contributed by atoms with E-state index in [1.165, 1.54) is 31.2 Å². The second-order valence-corrected chi connectivity index (χ2v) is 6.82. The number of ether oxygens (including phenoxy) is 1. The molecule has 0 saturated carbocycles. The summed E-state index contributed by atoms with van der Waals surface area (Å²) in [5.41, 5.74) is 0.503. The average molecular weight is 297 g/mol. The first-order valence-corrected chi connectivity index (χ1v) is 8.12. The van der Waals surface area contributed by atoms with Gasteiger partial charge in [-0.2, -0.15) is 0 Å². The molecule has 5 nitrogen and oxygen atoms in total. The Bertz CT molecular complexity index is 580. The highest BCUT2D eigenvalue weighted by molar-refractivity contribution is 7.89. The standard InChI is InChI=1S/C14H19NO4S/c1-10-9-13(7-8-19-10)15-20(17,18)14-5-3-12(4-6-14)11(2)16/h3-6,10,13,15H,7-9H2,1-2H3. The lowest BCUT2D eigenvalue weighted by molar-refractivity contribution is 0.0173. The third-order valence-corrected chi connectivity index (χ3v) is 4.91.